The minimum absolute atomic E-state index is 0.0210. The van der Waals surface area contributed by atoms with Gasteiger partial charge < -0.3 is 19.1 Å². The summed E-state index contributed by atoms with van der Waals surface area (Å²) in [7, 11) is 1.94. The molecular formula is C21H31N5O2. The summed E-state index contributed by atoms with van der Waals surface area (Å²) in [6.45, 7) is 7.87. The molecular weight excluding hydrogens is 354 g/mol. The Labute approximate surface area is 167 Å². The molecule has 1 atom stereocenters. The number of hydrogen-bond acceptors (Lipinski definition) is 5. The molecule has 0 unspecified atom stereocenters. The van der Waals surface area contributed by atoms with Crippen LogP contribution in [0.4, 0.5) is 5.82 Å². The smallest absolute Gasteiger partial charge is 0.255 e. The topological polar surface area (TPSA) is 63.5 Å². The number of carbonyl (C=O) groups is 1. The second-order valence-electron chi connectivity index (χ2n) is 7.26. The Morgan fingerprint density at radius 3 is 2.82 bits per heavy atom. The van der Waals surface area contributed by atoms with Crippen molar-refractivity contribution in [2.45, 2.75) is 45.8 Å². The quantitative estimate of drug-likeness (QED) is 0.699. The molecule has 1 amide bonds. The lowest BCUT2D eigenvalue weighted by atomic mass is 10.1. The van der Waals surface area contributed by atoms with Gasteiger partial charge in [0.05, 0.1) is 18.2 Å². The first kappa shape index (κ1) is 20.3. The van der Waals surface area contributed by atoms with Crippen LogP contribution < -0.4 is 4.90 Å². The number of carbonyl (C=O) groups excluding carboxylic acids is 1. The third kappa shape index (κ3) is 4.90. The number of aromatic nitrogens is 3. The highest BCUT2D eigenvalue weighted by atomic mass is 16.5. The molecule has 1 saturated heterocycles. The molecule has 2 aromatic heterocycles. The Hall–Kier alpha value is -2.41. The minimum atomic E-state index is -0.0210. The maximum absolute atomic E-state index is 12.9. The first-order valence-electron chi connectivity index (χ1n) is 10.2. The maximum Gasteiger partial charge on any atom is 0.255 e. The fraction of sp³-hybridized carbons (Fsp3) is 0.571. The Bertz CT molecular complexity index is 758. The summed E-state index contributed by atoms with van der Waals surface area (Å²) >= 11 is 0. The van der Waals surface area contributed by atoms with Crippen LogP contribution in [0.25, 0.3) is 0 Å². The van der Waals surface area contributed by atoms with Crippen LogP contribution in [-0.4, -0.2) is 57.7 Å². The van der Waals surface area contributed by atoms with E-state index >= 15 is 0 Å². The fourth-order valence-corrected chi connectivity index (χ4v) is 3.50. The summed E-state index contributed by atoms with van der Waals surface area (Å²) < 4.78 is 7.85. The number of amides is 1. The molecule has 2 aromatic rings. The predicted octanol–water partition coefficient (Wildman–Crippen LogP) is 2.87. The van der Waals surface area contributed by atoms with Gasteiger partial charge in [-0.1, -0.05) is 6.92 Å². The van der Waals surface area contributed by atoms with Crippen LogP contribution in [0.15, 0.2) is 30.7 Å². The van der Waals surface area contributed by atoms with Crippen molar-refractivity contribution < 1.29 is 9.53 Å². The van der Waals surface area contributed by atoms with Crippen LogP contribution >= 0.6 is 0 Å². The van der Waals surface area contributed by atoms with Gasteiger partial charge in [0.15, 0.2) is 0 Å². The highest BCUT2D eigenvalue weighted by molar-refractivity contribution is 5.94. The van der Waals surface area contributed by atoms with E-state index in [1.807, 2.05) is 36.9 Å². The monoisotopic (exact) mass is 385 g/mol. The number of aryl methyl sites for hydroxylation is 1. The van der Waals surface area contributed by atoms with Gasteiger partial charge in [0, 0.05) is 51.9 Å². The van der Waals surface area contributed by atoms with Crippen LogP contribution in [0.5, 0.6) is 0 Å². The first-order valence-corrected chi connectivity index (χ1v) is 10.2. The Balaban J connectivity index is 1.64. The summed E-state index contributed by atoms with van der Waals surface area (Å²) in [5, 5.41) is 0. The van der Waals surface area contributed by atoms with Crippen LogP contribution in [-0.2, 0) is 18.3 Å². The Morgan fingerprint density at radius 1 is 1.32 bits per heavy atom. The van der Waals surface area contributed by atoms with E-state index in [1.165, 1.54) is 0 Å². The lowest BCUT2D eigenvalue weighted by molar-refractivity contribution is 0.0439. The van der Waals surface area contributed by atoms with Crippen molar-refractivity contribution in [2.75, 3.05) is 31.1 Å². The van der Waals surface area contributed by atoms with Gasteiger partial charge >= 0.3 is 0 Å². The largest absolute Gasteiger partial charge is 0.376 e. The molecule has 1 aliphatic rings. The summed E-state index contributed by atoms with van der Waals surface area (Å²) in [5.41, 5.74) is 0.607. The molecule has 28 heavy (non-hydrogen) atoms. The molecule has 0 aromatic carbocycles. The first-order chi connectivity index (χ1) is 13.6. The van der Waals surface area contributed by atoms with Crippen LogP contribution in [0, 0.1) is 0 Å². The van der Waals surface area contributed by atoms with Crippen molar-refractivity contribution in [3.8, 4) is 0 Å². The summed E-state index contributed by atoms with van der Waals surface area (Å²) in [5.74, 6) is 1.76. The molecule has 3 heterocycles. The maximum atomic E-state index is 12.9. The molecule has 7 nitrogen and oxygen atoms in total. The van der Waals surface area contributed by atoms with Crippen LogP contribution in [0.1, 0.15) is 49.3 Å². The molecule has 0 aliphatic carbocycles. The van der Waals surface area contributed by atoms with Crippen molar-refractivity contribution in [3.63, 3.8) is 0 Å². The second-order valence-corrected chi connectivity index (χ2v) is 7.26. The molecule has 0 bridgehead atoms. The van der Waals surface area contributed by atoms with E-state index < -0.39 is 0 Å². The zero-order chi connectivity index (χ0) is 19.9. The van der Waals surface area contributed by atoms with Gasteiger partial charge in [0.25, 0.3) is 5.91 Å². The molecule has 3 rings (SSSR count). The molecule has 0 N–H and O–H groups in total. The number of nitrogens with zero attached hydrogens (tertiary/aromatic N) is 5. The predicted molar refractivity (Wildman–Crippen MR) is 109 cm³/mol. The SMILES string of the molecule is CCCO[C@@H]1CCCN(c2ccc(C(=O)N(CC)Cc3nccn3C)cn2)C1. The third-order valence-electron chi connectivity index (χ3n) is 5.18. The summed E-state index contributed by atoms with van der Waals surface area (Å²) in [6, 6.07) is 3.83. The van der Waals surface area contributed by atoms with Gasteiger partial charge in [0.2, 0.25) is 0 Å². The van der Waals surface area contributed by atoms with Gasteiger partial charge in [-0.3, -0.25) is 4.79 Å². The van der Waals surface area contributed by atoms with E-state index in [1.54, 1.807) is 17.3 Å². The Morgan fingerprint density at radius 2 is 2.18 bits per heavy atom. The summed E-state index contributed by atoms with van der Waals surface area (Å²) in [4.78, 5) is 25.8. The third-order valence-corrected chi connectivity index (χ3v) is 5.18. The number of pyridine rings is 1. The number of rotatable bonds is 8. The zero-order valence-corrected chi connectivity index (χ0v) is 17.2. The van der Waals surface area contributed by atoms with Gasteiger partial charge in [-0.2, -0.15) is 0 Å². The fourth-order valence-electron chi connectivity index (χ4n) is 3.50. The zero-order valence-electron chi connectivity index (χ0n) is 17.2. The van der Waals surface area contributed by atoms with E-state index in [0.717, 1.165) is 50.6 Å². The van der Waals surface area contributed by atoms with Crippen molar-refractivity contribution >= 4 is 11.7 Å². The van der Waals surface area contributed by atoms with E-state index in [9.17, 15) is 4.79 Å². The molecule has 0 saturated carbocycles. The molecule has 152 valence electrons. The number of ether oxygens (including phenoxy) is 1. The lowest BCUT2D eigenvalue weighted by Crippen LogP contribution is -2.40. The van der Waals surface area contributed by atoms with Crippen molar-refractivity contribution in [1.29, 1.82) is 0 Å². The highest BCUT2D eigenvalue weighted by Crippen LogP contribution is 2.20. The summed E-state index contributed by atoms with van der Waals surface area (Å²) in [6.07, 6.45) is 8.84. The lowest BCUT2D eigenvalue weighted by Gasteiger charge is -2.33. The van der Waals surface area contributed by atoms with E-state index in [-0.39, 0.29) is 12.0 Å². The van der Waals surface area contributed by atoms with Crippen LogP contribution in [0.2, 0.25) is 0 Å². The van der Waals surface area contributed by atoms with E-state index in [4.69, 9.17) is 4.74 Å². The molecule has 0 spiro atoms. The van der Waals surface area contributed by atoms with Crippen molar-refractivity contribution in [1.82, 2.24) is 19.4 Å². The van der Waals surface area contributed by atoms with Gasteiger partial charge in [0.1, 0.15) is 11.6 Å². The van der Waals surface area contributed by atoms with E-state index in [2.05, 4.69) is 21.8 Å². The van der Waals surface area contributed by atoms with Gasteiger partial charge in [-0.15, -0.1) is 0 Å². The van der Waals surface area contributed by atoms with Crippen molar-refractivity contribution in [3.05, 3.63) is 42.1 Å². The number of hydrogen-bond donors (Lipinski definition) is 0. The van der Waals surface area contributed by atoms with Crippen molar-refractivity contribution in [2.24, 2.45) is 7.05 Å². The standard InChI is InChI=1S/C21H31N5O2/c1-4-13-28-18-7-6-11-26(15-18)19-9-8-17(14-23-19)21(27)25(5-2)16-20-22-10-12-24(20)3/h8-10,12,14,18H,4-7,11,13,15-16H2,1-3H3/t18-/m1/s1. The number of anilines is 1. The normalized spacial score (nSPS) is 17.0. The molecule has 1 aliphatic heterocycles. The number of piperidine rings is 1. The van der Waals surface area contributed by atoms with Gasteiger partial charge in [-0.25, -0.2) is 9.97 Å². The second kappa shape index (κ2) is 9.68. The number of imidazole rings is 1. The minimum Gasteiger partial charge on any atom is -0.376 e. The van der Waals surface area contributed by atoms with Crippen LogP contribution in [0.3, 0.4) is 0 Å². The van der Waals surface area contributed by atoms with Gasteiger partial charge in [-0.05, 0) is 38.3 Å². The Kier molecular flexibility index (Phi) is 7.03. The molecule has 7 heteroatoms. The average Bonchev–Trinajstić information content (AvgIpc) is 3.14. The van der Waals surface area contributed by atoms with E-state index in [0.29, 0.717) is 18.7 Å². The molecule has 0 radical (unpaired) electrons. The molecule has 1 fully saturated rings. The average molecular weight is 386 g/mol. The highest BCUT2D eigenvalue weighted by Gasteiger charge is 2.22.